The van der Waals surface area contributed by atoms with Crippen LogP contribution in [-0.4, -0.2) is 7.05 Å². The summed E-state index contributed by atoms with van der Waals surface area (Å²) in [5.41, 5.74) is 9.49. The van der Waals surface area contributed by atoms with Crippen LogP contribution < -0.4 is 10.6 Å². The maximum absolute atomic E-state index is 9.20. The first-order chi connectivity index (χ1) is 9.54. The van der Waals surface area contributed by atoms with Crippen molar-refractivity contribution in [3.05, 3.63) is 58.1 Å². The third kappa shape index (κ3) is 2.84. The Balaban J connectivity index is 2.44. The molecule has 0 heterocycles. The summed E-state index contributed by atoms with van der Waals surface area (Å²) in [4.78, 5) is 1.99. The van der Waals surface area contributed by atoms with Gasteiger partial charge in [0.2, 0.25) is 0 Å². The van der Waals surface area contributed by atoms with Crippen LogP contribution in [0.5, 0.6) is 0 Å². The molecule has 1 atom stereocenters. The third-order valence-corrected chi connectivity index (χ3v) is 3.88. The maximum atomic E-state index is 9.20. The molecule has 0 unspecified atom stereocenters. The summed E-state index contributed by atoms with van der Waals surface area (Å²) in [6.07, 6.45) is 0. The smallest absolute Gasteiger partial charge is 0.101 e. The van der Waals surface area contributed by atoms with Gasteiger partial charge in [0.05, 0.1) is 16.9 Å². The fourth-order valence-corrected chi connectivity index (χ4v) is 2.73. The average Bonchev–Trinajstić information content (AvgIpc) is 2.46. The summed E-state index contributed by atoms with van der Waals surface area (Å²) in [6.45, 7) is 1.95. The van der Waals surface area contributed by atoms with Gasteiger partial charge in [-0.15, -0.1) is 0 Å². The van der Waals surface area contributed by atoms with E-state index in [2.05, 4.69) is 22.0 Å². The normalized spacial score (nSPS) is 11.8. The van der Waals surface area contributed by atoms with Crippen LogP contribution in [0.3, 0.4) is 0 Å². The molecule has 0 saturated heterocycles. The van der Waals surface area contributed by atoms with Gasteiger partial charge in [0, 0.05) is 17.6 Å². The highest BCUT2D eigenvalue weighted by atomic mass is 79.9. The summed E-state index contributed by atoms with van der Waals surface area (Å²) in [6, 6.07) is 15.8. The number of halogens is 1. The molecule has 0 radical (unpaired) electrons. The van der Waals surface area contributed by atoms with Crippen molar-refractivity contribution in [2.75, 3.05) is 11.9 Å². The molecule has 0 aliphatic rings. The zero-order valence-corrected chi connectivity index (χ0v) is 13.1. The monoisotopic (exact) mass is 329 g/mol. The lowest BCUT2D eigenvalue weighted by atomic mass is 10.1. The van der Waals surface area contributed by atoms with Crippen LogP contribution in [0.4, 0.5) is 11.4 Å². The molecule has 102 valence electrons. The molecule has 3 nitrogen and oxygen atoms in total. The Morgan fingerprint density at radius 1 is 1.20 bits per heavy atom. The zero-order valence-electron chi connectivity index (χ0n) is 11.5. The summed E-state index contributed by atoms with van der Waals surface area (Å²) in [7, 11) is 1.95. The van der Waals surface area contributed by atoms with E-state index in [0.29, 0.717) is 5.56 Å². The van der Waals surface area contributed by atoms with E-state index in [0.717, 1.165) is 21.4 Å². The van der Waals surface area contributed by atoms with E-state index in [9.17, 15) is 5.26 Å². The Kier molecular flexibility index (Phi) is 4.43. The maximum Gasteiger partial charge on any atom is 0.101 e. The van der Waals surface area contributed by atoms with Crippen molar-refractivity contribution in [2.24, 2.45) is 5.73 Å². The number of hydrogen-bond donors (Lipinski definition) is 1. The number of para-hydroxylation sites is 1. The molecule has 0 spiro atoms. The fourth-order valence-electron chi connectivity index (χ4n) is 2.07. The van der Waals surface area contributed by atoms with Crippen LogP contribution in [0.1, 0.15) is 24.1 Å². The first-order valence-electron chi connectivity index (χ1n) is 6.32. The van der Waals surface area contributed by atoms with Crippen LogP contribution >= 0.6 is 15.9 Å². The second kappa shape index (κ2) is 6.08. The van der Waals surface area contributed by atoms with E-state index in [-0.39, 0.29) is 6.04 Å². The van der Waals surface area contributed by atoms with E-state index >= 15 is 0 Å². The Bertz CT molecular complexity index is 659. The van der Waals surface area contributed by atoms with Gasteiger partial charge >= 0.3 is 0 Å². The number of benzene rings is 2. The molecule has 20 heavy (non-hydrogen) atoms. The largest absolute Gasteiger partial charge is 0.343 e. The second-order valence-corrected chi connectivity index (χ2v) is 5.54. The van der Waals surface area contributed by atoms with Crippen LogP contribution in [0.2, 0.25) is 0 Å². The molecule has 2 rings (SSSR count). The third-order valence-electron chi connectivity index (χ3n) is 3.24. The van der Waals surface area contributed by atoms with Gasteiger partial charge in [0.1, 0.15) is 6.07 Å². The number of nitrogens with zero attached hydrogens (tertiary/aromatic N) is 2. The highest BCUT2D eigenvalue weighted by Gasteiger charge is 2.12. The summed E-state index contributed by atoms with van der Waals surface area (Å²) in [5.74, 6) is 0. The molecule has 0 fully saturated rings. The topological polar surface area (TPSA) is 53.0 Å². The molecule has 0 aliphatic carbocycles. The number of rotatable bonds is 3. The Hall–Kier alpha value is -1.83. The van der Waals surface area contributed by atoms with Crippen molar-refractivity contribution in [3.63, 3.8) is 0 Å². The van der Waals surface area contributed by atoms with Crippen LogP contribution in [0.25, 0.3) is 0 Å². The fraction of sp³-hybridized carbons (Fsp3) is 0.188. The Morgan fingerprint density at radius 3 is 2.50 bits per heavy atom. The van der Waals surface area contributed by atoms with Gasteiger partial charge in [-0.05, 0) is 52.7 Å². The molecule has 0 amide bonds. The molecule has 4 heteroatoms. The second-order valence-electron chi connectivity index (χ2n) is 4.69. The van der Waals surface area contributed by atoms with E-state index in [1.807, 2.05) is 61.3 Å². The predicted molar refractivity (Wildman–Crippen MR) is 86.0 cm³/mol. The summed E-state index contributed by atoms with van der Waals surface area (Å²) >= 11 is 3.58. The lowest BCUT2D eigenvalue weighted by molar-refractivity contribution is 0.817. The van der Waals surface area contributed by atoms with Crippen LogP contribution in [0.15, 0.2) is 46.9 Å². The van der Waals surface area contributed by atoms with Crippen LogP contribution in [0, 0.1) is 11.3 Å². The van der Waals surface area contributed by atoms with Crippen molar-refractivity contribution in [3.8, 4) is 6.07 Å². The van der Waals surface area contributed by atoms with Gasteiger partial charge < -0.3 is 10.6 Å². The minimum Gasteiger partial charge on any atom is -0.343 e. The highest BCUT2D eigenvalue weighted by molar-refractivity contribution is 9.10. The van der Waals surface area contributed by atoms with E-state index in [4.69, 9.17) is 5.73 Å². The van der Waals surface area contributed by atoms with Gasteiger partial charge in [-0.2, -0.15) is 5.26 Å². The van der Waals surface area contributed by atoms with Crippen molar-refractivity contribution < 1.29 is 0 Å². The van der Waals surface area contributed by atoms with Crippen molar-refractivity contribution in [1.29, 1.82) is 5.26 Å². The summed E-state index contributed by atoms with van der Waals surface area (Å²) in [5, 5.41) is 9.20. The first-order valence-corrected chi connectivity index (χ1v) is 7.11. The van der Waals surface area contributed by atoms with Crippen molar-refractivity contribution in [2.45, 2.75) is 13.0 Å². The van der Waals surface area contributed by atoms with E-state index in [1.165, 1.54) is 0 Å². The Morgan fingerprint density at radius 2 is 1.90 bits per heavy atom. The van der Waals surface area contributed by atoms with E-state index in [1.54, 1.807) is 0 Å². The van der Waals surface area contributed by atoms with Crippen molar-refractivity contribution >= 4 is 27.3 Å². The lowest BCUT2D eigenvalue weighted by Crippen LogP contribution is -2.12. The molecule has 2 aromatic rings. The molecule has 2 N–H and O–H groups in total. The average molecular weight is 330 g/mol. The van der Waals surface area contributed by atoms with Gasteiger partial charge in [-0.25, -0.2) is 0 Å². The minimum absolute atomic E-state index is 0.00273. The number of nitriles is 1. The minimum atomic E-state index is -0.00273. The Labute approximate surface area is 127 Å². The molecule has 0 aliphatic heterocycles. The van der Waals surface area contributed by atoms with E-state index < -0.39 is 0 Å². The molecular weight excluding hydrogens is 314 g/mol. The standard InChI is InChI=1S/C16H16BrN3/c1-11(19)12-7-8-16(14(17)9-12)20(2)15-6-4-3-5-13(15)10-18/h3-9,11H,19H2,1-2H3/t11-/m0/s1. The number of anilines is 2. The number of nitrogens with two attached hydrogens (primary N) is 1. The SMILES string of the molecule is C[C@H](N)c1ccc(N(C)c2ccccc2C#N)c(Br)c1. The molecule has 2 aromatic carbocycles. The summed E-state index contributed by atoms with van der Waals surface area (Å²) < 4.78 is 0.961. The first kappa shape index (κ1) is 14.6. The van der Waals surface area contributed by atoms with Gasteiger partial charge in [0.15, 0.2) is 0 Å². The predicted octanol–water partition coefficient (Wildman–Crippen LogP) is 4.11. The van der Waals surface area contributed by atoms with Crippen LogP contribution in [-0.2, 0) is 0 Å². The van der Waals surface area contributed by atoms with Gasteiger partial charge in [0.25, 0.3) is 0 Å². The molecule has 0 saturated carbocycles. The van der Waals surface area contributed by atoms with Crippen molar-refractivity contribution in [1.82, 2.24) is 0 Å². The molecule has 0 bridgehead atoms. The lowest BCUT2D eigenvalue weighted by Gasteiger charge is -2.22. The molecule has 0 aromatic heterocycles. The number of hydrogen-bond acceptors (Lipinski definition) is 3. The quantitative estimate of drug-likeness (QED) is 0.921. The van der Waals surface area contributed by atoms with Gasteiger partial charge in [-0.3, -0.25) is 0 Å². The molecular formula is C16H16BrN3. The van der Waals surface area contributed by atoms with Gasteiger partial charge in [-0.1, -0.05) is 18.2 Å². The highest BCUT2D eigenvalue weighted by Crippen LogP contribution is 2.33. The zero-order chi connectivity index (χ0) is 14.7.